The summed E-state index contributed by atoms with van der Waals surface area (Å²) in [6.07, 6.45) is 18.8. The van der Waals surface area contributed by atoms with Gasteiger partial charge in [0.15, 0.2) is 0 Å². The molecule has 2 rings (SSSR count). The summed E-state index contributed by atoms with van der Waals surface area (Å²) >= 11 is 0. The van der Waals surface area contributed by atoms with Crippen LogP contribution in [0.5, 0.6) is 0 Å². The van der Waals surface area contributed by atoms with Gasteiger partial charge in [0, 0.05) is 17.8 Å². The summed E-state index contributed by atoms with van der Waals surface area (Å²) < 4.78 is 27.2. The third-order valence-corrected chi connectivity index (χ3v) is 8.24. The summed E-state index contributed by atoms with van der Waals surface area (Å²) in [5.41, 5.74) is 3.00. The van der Waals surface area contributed by atoms with Gasteiger partial charge in [-0.05, 0) is 56.2 Å². The second-order valence-electron chi connectivity index (χ2n) is 10.3. The highest BCUT2D eigenvalue weighted by Gasteiger charge is 2.19. The van der Waals surface area contributed by atoms with E-state index < -0.39 is 15.9 Å². The Morgan fingerprint density at radius 2 is 1.22 bits per heavy atom. The molecule has 0 aromatic heterocycles. The SMILES string of the molecule is CCCCCCCCCCCCCCCCNc1ccc(C(=O)NS(=O)(=O)c2ccc(C)cc2)c(C)c1. The number of sulfonamides is 1. The average molecular weight is 529 g/mol. The van der Waals surface area contributed by atoms with Crippen LogP contribution in [0.25, 0.3) is 0 Å². The minimum absolute atomic E-state index is 0.0792. The van der Waals surface area contributed by atoms with Crippen molar-refractivity contribution in [3.05, 3.63) is 59.2 Å². The van der Waals surface area contributed by atoms with E-state index in [0.29, 0.717) is 5.56 Å². The van der Waals surface area contributed by atoms with E-state index in [0.717, 1.165) is 29.8 Å². The van der Waals surface area contributed by atoms with Crippen LogP contribution < -0.4 is 10.0 Å². The Morgan fingerprint density at radius 3 is 1.73 bits per heavy atom. The van der Waals surface area contributed by atoms with Crippen molar-refractivity contribution >= 4 is 21.6 Å². The van der Waals surface area contributed by atoms with E-state index in [4.69, 9.17) is 0 Å². The third kappa shape index (κ3) is 12.2. The molecule has 2 N–H and O–H groups in total. The quantitative estimate of drug-likeness (QED) is 0.180. The van der Waals surface area contributed by atoms with Gasteiger partial charge in [-0.2, -0.15) is 0 Å². The third-order valence-electron chi connectivity index (χ3n) is 6.89. The van der Waals surface area contributed by atoms with Gasteiger partial charge >= 0.3 is 0 Å². The predicted octanol–water partition coefficient (Wildman–Crippen LogP) is 8.32. The minimum atomic E-state index is -3.90. The number of carbonyl (C=O) groups excluding carboxylic acids is 1. The Bertz CT molecular complexity index is 1030. The molecule has 37 heavy (non-hydrogen) atoms. The maximum Gasteiger partial charge on any atom is 0.265 e. The van der Waals surface area contributed by atoms with Crippen LogP contribution in [0.15, 0.2) is 47.4 Å². The summed E-state index contributed by atoms with van der Waals surface area (Å²) in [6, 6.07) is 11.8. The Balaban J connectivity index is 1.59. The van der Waals surface area contributed by atoms with Gasteiger partial charge in [0.1, 0.15) is 0 Å². The van der Waals surface area contributed by atoms with Crippen LogP contribution in [0.2, 0.25) is 0 Å². The van der Waals surface area contributed by atoms with E-state index in [1.54, 1.807) is 18.2 Å². The van der Waals surface area contributed by atoms with Crippen molar-refractivity contribution in [1.82, 2.24) is 4.72 Å². The van der Waals surface area contributed by atoms with Crippen LogP contribution >= 0.6 is 0 Å². The fourth-order valence-electron chi connectivity index (χ4n) is 4.53. The molecule has 0 aliphatic heterocycles. The molecule has 6 heteroatoms. The topological polar surface area (TPSA) is 75.3 Å². The second kappa shape index (κ2) is 17.2. The number of aryl methyl sites for hydroxylation is 2. The zero-order valence-corrected chi connectivity index (χ0v) is 24.1. The van der Waals surface area contributed by atoms with E-state index in [2.05, 4.69) is 17.0 Å². The number of carbonyl (C=O) groups is 1. The largest absolute Gasteiger partial charge is 0.385 e. The number of benzene rings is 2. The summed E-state index contributed by atoms with van der Waals surface area (Å²) in [6.45, 7) is 6.87. The molecule has 0 aliphatic carbocycles. The minimum Gasteiger partial charge on any atom is -0.385 e. The molecule has 0 unspecified atom stereocenters. The molecule has 2 aromatic rings. The van der Waals surface area contributed by atoms with Crippen molar-refractivity contribution in [2.45, 2.75) is 116 Å². The highest BCUT2D eigenvalue weighted by molar-refractivity contribution is 7.90. The Labute approximate surface area is 225 Å². The molecule has 2 aromatic carbocycles. The first-order chi connectivity index (χ1) is 17.8. The van der Waals surface area contributed by atoms with Crippen molar-refractivity contribution in [1.29, 1.82) is 0 Å². The number of unbranched alkanes of at least 4 members (excludes halogenated alkanes) is 13. The molecular formula is C31H48N2O3S. The molecule has 0 spiro atoms. The predicted molar refractivity (Wildman–Crippen MR) is 156 cm³/mol. The lowest BCUT2D eigenvalue weighted by Crippen LogP contribution is -2.31. The summed E-state index contributed by atoms with van der Waals surface area (Å²) in [5.74, 6) is -0.614. The zero-order valence-electron chi connectivity index (χ0n) is 23.3. The van der Waals surface area contributed by atoms with Crippen LogP contribution in [-0.4, -0.2) is 20.9 Å². The van der Waals surface area contributed by atoms with Gasteiger partial charge < -0.3 is 5.32 Å². The lowest BCUT2D eigenvalue weighted by Gasteiger charge is -2.12. The van der Waals surface area contributed by atoms with Crippen LogP contribution in [-0.2, 0) is 10.0 Å². The molecule has 0 bridgehead atoms. The summed E-state index contributed by atoms with van der Waals surface area (Å²) in [4.78, 5) is 12.7. The van der Waals surface area contributed by atoms with Gasteiger partial charge in [-0.25, -0.2) is 13.1 Å². The number of hydrogen-bond donors (Lipinski definition) is 2. The molecular weight excluding hydrogens is 480 g/mol. The molecule has 0 radical (unpaired) electrons. The van der Waals surface area contributed by atoms with Gasteiger partial charge in [0.05, 0.1) is 4.90 Å². The van der Waals surface area contributed by atoms with Gasteiger partial charge in [0.25, 0.3) is 15.9 Å². The van der Waals surface area contributed by atoms with Crippen LogP contribution in [0.4, 0.5) is 5.69 Å². The van der Waals surface area contributed by atoms with E-state index in [1.165, 1.54) is 95.6 Å². The van der Waals surface area contributed by atoms with Gasteiger partial charge in [-0.15, -0.1) is 0 Å². The number of nitrogens with one attached hydrogen (secondary N) is 2. The maximum absolute atomic E-state index is 12.6. The summed E-state index contributed by atoms with van der Waals surface area (Å²) in [7, 11) is -3.90. The van der Waals surface area contributed by atoms with E-state index in [-0.39, 0.29) is 4.90 Å². The number of hydrogen-bond acceptors (Lipinski definition) is 4. The second-order valence-corrected chi connectivity index (χ2v) is 12.0. The Kier molecular flexibility index (Phi) is 14.4. The molecule has 5 nitrogen and oxygen atoms in total. The summed E-state index contributed by atoms with van der Waals surface area (Å²) in [5, 5.41) is 3.42. The van der Waals surface area contributed by atoms with Crippen molar-refractivity contribution < 1.29 is 13.2 Å². The fourth-order valence-corrected chi connectivity index (χ4v) is 5.50. The van der Waals surface area contributed by atoms with Gasteiger partial charge in [0.2, 0.25) is 0 Å². The number of amides is 1. The van der Waals surface area contributed by atoms with E-state index >= 15 is 0 Å². The molecule has 0 saturated heterocycles. The lowest BCUT2D eigenvalue weighted by atomic mass is 10.0. The van der Waals surface area contributed by atoms with Gasteiger partial charge in [-0.1, -0.05) is 108 Å². The first kappa shape index (κ1) is 30.9. The first-order valence-corrected chi connectivity index (χ1v) is 15.8. The lowest BCUT2D eigenvalue weighted by molar-refractivity contribution is 0.0981. The smallest absolute Gasteiger partial charge is 0.265 e. The average Bonchev–Trinajstić information content (AvgIpc) is 2.86. The first-order valence-electron chi connectivity index (χ1n) is 14.3. The van der Waals surface area contributed by atoms with E-state index in [9.17, 15) is 13.2 Å². The maximum atomic E-state index is 12.6. The van der Waals surface area contributed by atoms with Crippen molar-refractivity contribution in [3.8, 4) is 0 Å². The molecule has 0 aliphatic rings. The number of anilines is 1. The standard InChI is InChI=1S/C31H48N2O3S/c1-4-5-6-7-8-9-10-11-12-13-14-15-16-17-24-32-28-20-23-30(27(3)25-28)31(34)33-37(35,36)29-21-18-26(2)19-22-29/h18-23,25,32H,4-17,24H2,1-3H3,(H,33,34). The monoisotopic (exact) mass is 528 g/mol. The van der Waals surface area contributed by atoms with Crippen molar-refractivity contribution in [3.63, 3.8) is 0 Å². The Hall–Kier alpha value is -2.34. The highest BCUT2D eigenvalue weighted by Crippen LogP contribution is 2.18. The molecule has 0 heterocycles. The normalized spacial score (nSPS) is 11.4. The molecule has 206 valence electrons. The van der Waals surface area contributed by atoms with Crippen molar-refractivity contribution in [2.75, 3.05) is 11.9 Å². The van der Waals surface area contributed by atoms with Crippen molar-refractivity contribution in [2.24, 2.45) is 0 Å². The molecule has 1 amide bonds. The number of rotatable bonds is 19. The molecule has 0 fully saturated rings. The fraction of sp³-hybridized carbons (Fsp3) is 0.581. The molecule has 0 atom stereocenters. The van der Waals surface area contributed by atoms with Crippen LogP contribution in [0.1, 0.15) is 118 Å². The molecule has 0 saturated carbocycles. The van der Waals surface area contributed by atoms with Crippen LogP contribution in [0.3, 0.4) is 0 Å². The van der Waals surface area contributed by atoms with Crippen LogP contribution in [0, 0.1) is 13.8 Å². The van der Waals surface area contributed by atoms with Gasteiger partial charge in [-0.3, -0.25) is 4.79 Å². The highest BCUT2D eigenvalue weighted by atomic mass is 32.2. The van der Waals surface area contributed by atoms with E-state index in [1.807, 2.05) is 26.0 Å². The Morgan fingerprint density at radius 1 is 0.703 bits per heavy atom. The zero-order chi connectivity index (χ0) is 26.9.